The number of rotatable bonds is 1. The van der Waals surface area contributed by atoms with Gasteiger partial charge in [-0.1, -0.05) is 0 Å². The zero-order valence-electron chi connectivity index (χ0n) is 6.24. The highest BCUT2D eigenvalue weighted by atomic mass is 16.6. The predicted octanol–water partition coefficient (Wildman–Crippen LogP) is -3.22. The summed E-state index contributed by atoms with van der Waals surface area (Å²) >= 11 is 0. The third-order valence-electron chi connectivity index (χ3n) is 1.87. The second-order valence-electron chi connectivity index (χ2n) is 2.72. The van der Waals surface area contributed by atoms with Crippen molar-refractivity contribution in [2.45, 2.75) is 30.7 Å². The Morgan fingerprint density at radius 1 is 0.917 bits per heavy atom. The standard InChI is InChI=1S/C6H12O6/c7-1-2-3(8)4(9)5(10)6(11)12-2/h2-11H,1H2/t2-,3+,4+,5+,6-/m0/s1. The van der Waals surface area contributed by atoms with Crippen molar-refractivity contribution in [3.8, 4) is 0 Å². The van der Waals surface area contributed by atoms with Gasteiger partial charge in [0.1, 0.15) is 24.4 Å². The van der Waals surface area contributed by atoms with Gasteiger partial charge in [0.25, 0.3) is 0 Å². The van der Waals surface area contributed by atoms with Crippen molar-refractivity contribution in [2.24, 2.45) is 0 Å². The van der Waals surface area contributed by atoms with E-state index in [-0.39, 0.29) is 0 Å². The molecule has 1 saturated heterocycles. The van der Waals surface area contributed by atoms with Crippen LogP contribution in [0.1, 0.15) is 0 Å². The maximum absolute atomic E-state index is 9.12. The van der Waals surface area contributed by atoms with Gasteiger partial charge in [0.05, 0.1) is 6.61 Å². The smallest absolute Gasteiger partial charge is 0.184 e. The van der Waals surface area contributed by atoms with E-state index in [0.717, 1.165) is 0 Å². The molecule has 0 aliphatic carbocycles. The van der Waals surface area contributed by atoms with E-state index >= 15 is 0 Å². The van der Waals surface area contributed by atoms with Crippen molar-refractivity contribution in [3.63, 3.8) is 0 Å². The molecule has 6 heteroatoms. The average Bonchev–Trinajstić information content (AvgIpc) is 2.08. The molecule has 1 rings (SSSR count). The van der Waals surface area contributed by atoms with Crippen molar-refractivity contribution in [2.75, 3.05) is 6.61 Å². The van der Waals surface area contributed by atoms with Crippen molar-refractivity contribution in [1.82, 2.24) is 0 Å². The van der Waals surface area contributed by atoms with Crippen LogP contribution in [0, 0.1) is 0 Å². The topological polar surface area (TPSA) is 110 Å². The van der Waals surface area contributed by atoms with E-state index < -0.39 is 37.3 Å². The third kappa shape index (κ3) is 1.58. The molecule has 6 nitrogen and oxygen atoms in total. The van der Waals surface area contributed by atoms with Gasteiger partial charge in [0, 0.05) is 0 Å². The molecule has 0 aromatic heterocycles. The third-order valence-corrected chi connectivity index (χ3v) is 1.87. The average molecular weight is 180 g/mol. The van der Waals surface area contributed by atoms with E-state index in [4.69, 9.17) is 25.5 Å². The lowest BCUT2D eigenvalue weighted by atomic mass is 10.00. The zero-order valence-corrected chi connectivity index (χ0v) is 6.24. The Morgan fingerprint density at radius 3 is 2.00 bits per heavy atom. The first-order chi connectivity index (χ1) is 5.57. The van der Waals surface area contributed by atoms with Gasteiger partial charge in [-0.15, -0.1) is 0 Å². The lowest BCUT2D eigenvalue weighted by molar-refractivity contribution is -0.286. The van der Waals surface area contributed by atoms with Crippen molar-refractivity contribution in [3.05, 3.63) is 0 Å². The van der Waals surface area contributed by atoms with Gasteiger partial charge in [-0.05, 0) is 0 Å². The van der Waals surface area contributed by atoms with E-state index in [1.165, 1.54) is 0 Å². The highest BCUT2D eigenvalue weighted by Gasteiger charge is 2.42. The summed E-state index contributed by atoms with van der Waals surface area (Å²) in [5.74, 6) is 0. The molecule has 0 saturated carbocycles. The molecule has 0 radical (unpaired) electrons. The summed E-state index contributed by atoms with van der Waals surface area (Å²) in [6, 6.07) is 0. The van der Waals surface area contributed by atoms with E-state index in [1.54, 1.807) is 0 Å². The minimum absolute atomic E-state index is 0.526. The van der Waals surface area contributed by atoms with Gasteiger partial charge in [-0.3, -0.25) is 0 Å². The van der Waals surface area contributed by atoms with Crippen molar-refractivity contribution >= 4 is 0 Å². The largest absolute Gasteiger partial charge is 0.394 e. The summed E-state index contributed by atoms with van der Waals surface area (Å²) in [5, 5.41) is 44.7. The van der Waals surface area contributed by atoms with Crippen molar-refractivity contribution in [1.29, 1.82) is 0 Å². The van der Waals surface area contributed by atoms with E-state index in [0.29, 0.717) is 0 Å². The maximum atomic E-state index is 9.12. The van der Waals surface area contributed by atoms with Crippen LogP contribution in [0.5, 0.6) is 0 Å². The molecule has 5 atom stereocenters. The quantitative estimate of drug-likeness (QED) is 0.290. The second-order valence-corrected chi connectivity index (χ2v) is 2.72. The summed E-state index contributed by atoms with van der Waals surface area (Å²) in [4.78, 5) is 0. The summed E-state index contributed by atoms with van der Waals surface area (Å²) in [6.07, 6.45) is -7.04. The maximum Gasteiger partial charge on any atom is 0.184 e. The molecule has 0 spiro atoms. The molecule has 72 valence electrons. The molecule has 1 aliphatic rings. The SMILES string of the molecule is OC[C@@H]1O[C@H](O)[C@H](O)[C@H](O)[C@@H]1O. The molecular weight excluding hydrogens is 168 g/mol. The highest BCUT2D eigenvalue weighted by molar-refractivity contribution is 4.87. The second kappa shape index (κ2) is 3.65. The highest BCUT2D eigenvalue weighted by Crippen LogP contribution is 2.18. The van der Waals surface area contributed by atoms with Crippen LogP contribution in [-0.4, -0.2) is 62.8 Å². The van der Waals surface area contributed by atoms with E-state index in [1.807, 2.05) is 0 Å². The van der Waals surface area contributed by atoms with E-state index in [9.17, 15) is 0 Å². The Kier molecular flexibility index (Phi) is 2.99. The molecule has 1 fully saturated rings. The van der Waals surface area contributed by atoms with Crippen LogP contribution < -0.4 is 0 Å². The van der Waals surface area contributed by atoms with Crippen LogP contribution in [0.2, 0.25) is 0 Å². The Hall–Kier alpha value is -0.240. The Labute approximate surface area is 68.6 Å². The van der Waals surface area contributed by atoms with Gasteiger partial charge >= 0.3 is 0 Å². The van der Waals surface area contributed by atoms with Crippen LogP contribution in [-0.2, 0) is 4.74 Å². The van der Waals surface area contributed by atoms with Crippen LogP contribution in [0.25, 0.3) is 0 Å². The first-order valence-corrected chi connectivity index (χ1v) is 3.56. The van der Waals surface area contributed by atoms with Gasteiger partial charge in [0.15, 0.2) is 6.29 Å². The van der Waals surface area contributed by atoms with Crippen LogP contribution in [0.4, 0.5) is 0 Å². The minimum atomic E-state index is -1.57. The van der Waals surface area contributed by atoms with Gasteiger partial charge in [-0.2, -0.15) is 0 Å². The predicted molar refractivity (Wildman–Crippen MR) is 36.0 cm³/mol. The van der Waals surface area contributed by atoms with Gasteiger partial charge in [0.2, 0.25) is 0 Å². The fourth-order valence-electron chi connectivity index (χ4n) is 1.08. The van der Waals surface area contributed by atoms with Crippen LogP contribution in [0.3, 0.4) is 0 Å². The Morgan fingerprint density at radius 2 is 1.50 bits per heavy atom. The lowest BCUT2D eigenvalue weighted by Crippen LogP contribution is -2.58. The number of aliphatic hydroxyl groups excluding tert-OH is 5. The molecule has 0 aromatic carbocycles. The minimum Gasteiger partial charge on any atom is -0.394 e. The monoisotopic (exact) mass is 180 g/mol. The first kappa shape index (κ1) is 9.85. The summed E-state index contributed by atoms with van der Waals surface area (Å²) in [6.45, 7) is -0.526. The Bertz CT molecular complexity index is 146. The van der Waals surface area contributed by atoms with Crippen molar-refractivity contribution < 1.29 is 30.3 Å². The van der Waals surface area contributed by atoms with Crippen LogP contribution in [0.15, 0.2) is 0 Å². The Balaban J connectivity index is 2.63. The zero-order chi connectivity index (χ0) is 9.30. The molecule has 0 bridgehead atoms. The summed E-state index contributed by atoms with van der Waals surface area (Å²) in [5.41, 5.74) is 0. The molecule has 0 unspecified atom stereocenters. The van der Waals surface area contributed by atoms with Crippen LogP contribution >= 0.6 is 0 Å². The number of aliphatic hydroxyl groups is 5. The van der Waals surface area contributed by atoms with Gasteiger partial charge < -0.3 is 30.3 Å². The fraction of sp³-hybridized carbons (Fsp3) is 1.00. The van der Waals surface area contributed by atoms with Gasteiger partial charge in [-0.25, -0.2) is 0 Å². The first-order valence-electron chi connectivity index (χ1n) is 3.56. The molecule has 0 aromatic rings. The lowest BCUT2D eigenvalue weighted by Gasteiger charge is -2.37. The summed E-state index contributed by atoms with van der Waals surface area (Å²) in [7, 11) is 0. The molecule has 1 heterocycles. The fourth-order valence-corrected chi connectivity index (χ4v) is 1.08. The number of hydrogen-bond donors (Lipinski definition) is 5. The normalized spacial score (nSPS) is 49.2. The number of hydrogen-bond acceptors (Lipinski definition) is 6. The molecular formula is C6H12O6. The molecule has 12 heavy (non-hydrogen) atoms. The summed E-state index contributed by atoms with van der Waals surface area (Å²) < 4.78 is 4.58. The molecule has 1 aliphatic heterocycles. The molecule has 0 amide bonds. The molecule has 5 N–H and O–H groups in total. The van der Waals surface area contributed by atoms with E-state index in [2.05, 4.69) is 4.74 Å². The number of ether oxygens (including phenoxy) is 1.